The Labute approximate surface area is 224 Å². The van der Waals surface area contributed by atoms with Crippen molar-refractivity contribution >= 4 is 5.91 Å². The van der Waals surface area contributed by atoms with Crippen LogP contribution < -0.4 is 20.1 Å². The van der Waals surface area contributed by atoms with Crippen molar-refractivity contribution in [3.63, 3.8) is 0 Å². The maximum atomic E-state index is 12.5. The van der Waals surface area contributed by atoms with E-state index in [1.54, 1.807) is 26.4 Å². The van der Waals surface area contributed by atoms with Gasteiger partial charge in [0.2, 0.25) is 5.91 Å². The molecule has 0 aliphatic heterocycles. The summed E-state index contributed by atoms with van der Waals surface area (Å²) in [5.74, 6) is 1.31. The van der Waals surface area contributed by atoms with E-state index in [1.807, 2.05) is 30.3 Å². The maximum absolute atomic E-state index is 12.5. The Morgan fingerprint density at radius 1 is 0.974 bits per heavy atom. The highest BCUT2D eigenvalue weighted by Crippen LogP contribution is 2.28. The summed E-state index contributed by atoms with van der Waals surface area (Å²) in [7, 11) is 3.18. The van der Waals surface area contributed by atoms with Crippen LogP contribution in [0.4, 0.5) is 0 Å². The van der Waals surface area contributed by atoms with Gasteiger partial charge in [0, 0.05) is 24.6 Å². The number of benzene rings is 3. The van der Waals surface area contributed by atoms with Gasteiger partial charge in [0.25, 0.3) is 0 Å². The van der Waals surface area contributed by atoms with Crippen LogP contribution in [0.2, 0.25) is 0 Å². The highest BCUT2D eigenvalue weighted by molar-refractivity contribution is 5.76. The van der Waals surface area contributed by atoms with Gasteiger partial charge in [-0.25, -0.2) is 0 Å². The molecule has 0 heterocycles. The van der Waals surface area contributed by atoms with Gasteiger partial charge in [0.15, 0.2) is 0 Å². The number of aliphatic hydroxyl groups is 2. The molecule has 5 N–H and O–H groups in total. The van der Waals surface area contributed by atoms with Crippen molar-refractivity contribution in [3.8, 4) is 17.2 Å². The molecule has 204 valence electrons. The first-order chi connectivity index (χ1) is 18.3. The first kappa shape index (κ1) is 29.0. The van der Waals surface area contributed by atoms with E-state index >= 15 is 0 Å². The standard InChI is InChI=1S/C30H38N2O6/c1-20(31-18-27(35)23-11-12-26(34)24(16-23)19-33)14-22-7-4-6-21(15-22)10-13-30(36)32-17-25-28(37-2)8-5-9-29(25)38-3/h4-9,11-12,15-16,20,27,31,33-35H,10,13-14,17-19H2,1-3H3,(H,32,36)/t20-,27-/m1/s1. The van der Waals surface area contributed by atoms with Crippen molar-refractivity contribution in [1.29, 1.82) is 0 Å². The van der Waals surface area contributed by atoms with E-state index < -0.39 is 6.10 Å². The summed E-state index contributed by atoms with van der Waals surface area (Å²) < 4.78 is 10.8. The van der Waals surface area contributed by atoms with Crippen molar-refractivity contribution in [2.45, 2.75) is 51.5 Å². The Kier molecular flexibility index (Phi) is 11.0. The van der Waals surface area contributed by atoms with Gasteiger partial charge in [0.05, 0.1) is 39.0 Å². The SMILES string of the molecule is COc1cccc(OC)c1CNC(=O)CCc1cccc(C[C@@H](C)NC[C@@H](O)c2ccc(O)c(CO)c2)c1. The minimum absolute atomic E-state index is 0.0128. The van der Waals surface area contributed by atoms with Crippen LogP contribution in [0.15, 0.2) is 60.7 Å². The molecule has 38 heavy (non-hydrogen) atoms. The highest BCUT2D eigenvalue weighted by Gasteiger charge is 2.14. The fraction of sp³-hybridized carbons (Fsp3) is 0.367. The lowest BCUT2D eigenvalue weighted by Gasteiger charge is -2.18. The molecule has 3 rings (SSSR count). The molecule has 2 atom stereocenters. The van der Waals surface area contributed by atoms with Crippen molar-refractivity contribution in [2.75, 3.05) is 20.8 Å². The van der Waals surface area contributed by atoms with Crippen LogP contribution in [-0.4, -0.2) is 48.0 Å². The molecule has 3 aromatic rings. The van der Waals surface area contributed by atoms with E-state index in [9.17, 15) is 20.1 Å². The van der Waals surface area contributed by atoms with Gasteiger partial charge in [-0.05, 0) is 60.7 Å². The molecule has 0 saturated heterocycles. The number of carbonyl (C=O) groups is 1. The summed E-state index contributed by atoms with van der Waals surface area (Å²) in [6.07, 6.45) is 0.988. The number of rotatable bonds is 14. The molecule has 0 aliphatic rings. The monoisotopic (exact) mass is 522 g/mol. The number of phenols is 1. The quantitative estimate of drug-likeness (QED) is 0.220. The van der Waals surface area contributed by atoms with Gasteiger partial charge in [-0.1, -0.05) is 36.4 Å². The predicted octanol–water partition coefficient (Wildman–Crippen LogP) is 3.40. The van der Waals surface area contributed by atoms with Crippen molar-refractivity contribution in [1.82, 2.24) is 10.6 Å². The minimum Gasteiger partial charge on any atom is -0.508 e. The summed E-state index contributed by atoms with van der Waals surface area (Å²) in [5.41, 5.74) is 4.05. The molecule has 8 nitrogen and oxygen atoms in total. The molecule has 0 radical (unpaired) electrons. The van der Waals surface area contributed by atoms with Gasteiger partial charge in [-0.15, -0.1) is 0 Å². The fourth-order valence-electron chi connectivity index (χ4n) is 4.34. The molecular formula is C30H38N2O6. The van der Waals surface area contributed by atoms with Gasteiger partial charge < -0.3 is 35.4 Å². The summed E-state index contributed by atoms with van der Waals surface area (Å²) in [6, 6.07) is 18.6. The number of ether oxygens (including phenoxy) is 2. The molecule has 0 saturated carbocycles. The molecule has 8 heteroatoms. The lowest BCUT2D eigenvalue weighted by molar-refractivity contribution is -0.121. The number of hydrogen-bond acceptors (Lipinski definition) is 7. The number of amides is 1. The number of hydrogen-bond donors (Lipinski definition) is 5. The van der Waals surface area contributed by atoms with Crippen LogP contribution in [-0.2, 0) is 30.8 Å². The smallest absolute Gasteiger partial charge is 0.220 e. The van der Waals surface area contributed by atoms with Gasteiger partial charge in [0.1, 0.15) is 17.2 Å². The van der Waals surface area contributed by atoms with Crippen LogP contribution in [0.1, 0.15) is 47.3 Å². The van der Waals surface area contributed by atoms with Crippen LogP contribution in [0.5, 0.6) is 17.2 Å². The van der Waals surface area contributed by atoms with Gasteiger partial charge in [-0.3, -0.25) is 4.79 Å². The predicted molar refractivity (Wildman–Crippen MR) is 146 cm³/mol. The van der Waals surface area contributed by atoms with Crippen LogP contribution in [0.3, 0.4) is 0 Å². The summed E-state index contributed by atoms with van der Waals surface area (Å²) >= 11 is 0. The van der Waals surface area contributed by atoms with E-state index in [0.29, 0.717) is 48.6 Å². The molecule has 0 unspecified atom stereocenters. The lowest BCUT2D eigenvalue weighted by Crippen LogP contribution is -2.32. The molecule has 0 aliphatic carbocycles. The number of aliphatic hydroxyl groups excluding tert-OH is 2. The Morgan fingerprint density at radius 2 is 1.66 bits per heavy atom. The Hall–Kier alpha value is -3.59. The summed E-state index contributed by atoms with van der Waals surface area (Å²) in [5, 5.41) is 35.8. The number of aryl methyl sites for hydroxylation is 1. The zero-order valence-corrected chi connectivity index (χ0v) is 22.2. The highest BCUT2D eigenvalue weighted by atomic mass is 16.5. The third-order valence-corrected chi connectivity index (χ3v) is 6.48. The van der Waals surface area contributed by atoms with Gasteiger partial charge in [-0.2, -0.15) is 0 Å². The van der Waals surface area contributed by atoms with Gasteiger partial charge >= 0.3 is 0 Å². The Balaban J connectivity index is 1.47. The van der Waals surface area contributed by atoms with E-state index in [0.717, 1.165) is 23.1 Å². The van der Waals surface area contributed by atoms with Crippen LogP contribution in [0.25, 0.3) is 0 Å². The number of carbonyl (C=O) groups excluding carboxylic acids is 1. The zero-order valence-electron chi connectivity index (χ0n) is 22.2. The normalized spacial score (nSPS) is 12.6. The van der Waals surface area contributed by atoms with Crippen LogP contribution in [0, 0.1) is 0 Å². The first-order valence-electron chi connectivity index (χ1n) is 12.7. The molecule has 0 fully saturated rings. The minimum atomic E-state index is -0.760. The third kappa shape index (κ3) is 8.21. The van der Waals surface area contributed by atoms with Crippen molar-refractivity contribution < 1.29 is 29.6 Å². The molecule has 0 aromatic heterocycles. The topological polar surface area (TPSA) is 120 Å². The van der Waals surface area contributed by atoms with Crippen molar-refractivity contribution in [3.05, 3.63) is 88.5 Å². The van der Waals surface area contributed by atoms with E-state index in [-0.39, 0.29) is 24.3 Å². The fourth-order valence-corrected chi connectivity index (χ4v) is 4.34. The second kappa shape index (κ2) is 14.4. The molecule has 0 bridgehead atoms. The third-order valence-electron chi connectivity index (χ3n) is 6.48. The molecule has 3 aromatic carbocycles. The summed E-state index contributed by atoms with van der Waals surface area (Å²) in [6.45, 7) is 2.43. The van der Waals surface area contributed by atoms with E-state index in [2.05, 4.69) is 29.7 Å². The largest absolute Gasteiger partial charge is 0.508 e. The average Bonchev–Trinajstić information content (AvgIpc) is 2.93. The second-order valence-corrected chi connectivity index (χ2v) is 9.31. The molecule has 0 spiro atoms. The Bertz CT molecular complexity index is 1180. The number of methoxy groups -OCH3 is 2. The van der Waals surface area contributed by atoms with E-state index in [1.165, 1.54) is 6.07 Å². The number of nitrogens with one attached hydrogen (secondary N) is 2. The average molecular weight is 523 g/mol. The maximum Gasteiger partial charge on any atom is 0.220 e. The molecule has 1 amide bonds. The lowest BCUT2D eigenvalue weighted by atomic mass is 10.0. The van der Waals surface area contributed by atoms with E-state index in [4.69, 9.17) is 9.47 Å². The Morgan fingerprint density at radius 3 is 2.34 bits per heavy atom. The first-order valence-corrected chi connectivity index (χ1v) is 12.7. The van der Waals surface area contributed by atoms with Crippen molar-refractivity contribution in [2.24, 2.45) is 0 Å². The van der Waals surface area contributed by atoms with Crippen LogP contribution >= 0.6 is 0 Å². The zero-order chi connectivity index (χ0) is 27.5. The number of aromatic hydroxyl groups is 1. The summed E-state index contributed by atoms with van der Waals surface area (Å²) in [4.78, 5) is 12.5. The second-order valence-electron chi connectivity index (χ2n) is 9.31. The molecular weight excluding hydrogens is 484 g/mol.